The Morgan fingerprint density at radius 3 is 1.51 bits per heavy atom. The molecule has 0 aromatic heterocycles. The number of ether oxygens (including phenoxy) is 4. The minimum Gasteiger partial charge on any atom is -0.395 e. The van der Waals surface area contributed by atoms with Gasteiger partial charge in [-0.1, -0.05) is 72.8 Å². The summed E-state index contributed by atoms with van der Waals surface area (Å²) in [4.78, 5) is 25.2. The maximum atomic E-state index is 15.1. The van der Waals surface area contributed by atoms with Crippen LogP contribution in [0.1, 0.15) is 0 Å². The zero-order valence-corrected chi connectivity index (χ0v) is 18.1. The predicted molar refractivity (Wildman–Crippen MR) is 128 cm³/mol. The summed E-state index contributed by atoms with van der Waals surface area (Å²) in [6.45, 7) is 0. The predicted octanol–water partition coefficient (Wildman–Crippen LogP) is 7.29. The summed E-state index contributed by atoms with van der Waals surface area (Å²) in [5.41, 5.74) is 0. The molecule has 0 aliphatic rings. The molecule has 35 heavy (non-hydrogen) atoms. The van der Waals surface area contributed by atoms with Gasteiger partial charge >= 0.3 is 12.3 Å². The molecule has 0 unspecified atom stereocenters. The number of para-hydroxylation sites is 2. The van der Waals surface area contributed by atoms with Gasteiger partial charge < -0.3 is 18.9 Å². The molecule has 7 heteroatoms. The van der Waals surface area contributed by atoms with Gasteiger partial charge in [0.05, 0.1) is 5.39 Å². The van der Waals surface area contributed by atoms with Crippen molar-refractivity contribution < 1.29 is 32.9 Å². The summed E-state index contributed by atoms with van der Waals surface area (Å²) in [6.07, 6.45) is -2.04. The van der Waals surface area contributed by atoms with Gasteiger partial charge in [0.25, 0.3) is 0 Å². The first-order valence-corrected chi connectivity index (χ1v) is 10.6. The van der Waals surface area contributed by atoms with Crippen molar-refractivity contribution in [2.45, 2.75) is 0 Å². The summed E-state index contributed by atoms with van der Waals surface area (Å²) >= 11 is 0. The van der Waals surface area contributed by atoms with Crippen molar-refractivity contribution in [3.63, 3.8) is 0 Å². The zero-order valence-electron chi connectivity index (χ0n) is 18.1. The maximum Gasteiger partial charge on any atom is 0.519 e. The van der Waals surface area contributed by atoms with Crippen molar-refractivity contribution in [1.29, 1.82) is 0 Å². The zero-order chi connectivity index (χ0) is 24.2. The van der Waals surface area contributed by atoms with Crippen LogP contribution >= 0.6 is 0 Å². The highest BCUT2D eigenvalue weighted by Gasteiger charge is 2.23. The van der Waals surface area contributed by atoms with E-state index in [2.05, 4.69) is 0 Å². The van der Waals surface area contributed by atoms with Crippen molar-refractivity contribution >= 4 is 33.9 Å². The minimum atomic E-state index is -1.04. The van der Waals surface area contributed by atoms with Crippen LogP contribution in [0.5, 0.6) is 23.0 Å². The van der Waals surface area contributed by atoms with Crippen LogP contribution in [0.2, 0.25) is 0 Å². The Balaban J connectivity index is 1.58. The molecule has 0 amide bonds. The third-order valence-electron chi connectivity index (χ3n) is 5.16. The van der Waals surface area contributed by atoms with Gasteiger partial charge in [-0.2, -0.15) is 0 Å². The second-order valence-corrected chi connectivity index (χ2v) is 7.40. The molecule has 5 aromatic rings. The lowest BCUT2D eigenvalue weighted by Crippen LogP contribution is -2.16. The molecule has 0 atom stereocenters. The summed E-state index contributed by atoms with van der Waals surface area (Å²) in [5, 5.41) is 0.936. The number of halogens is 1. The molecule has 0 saturated heterocycles. The molecule has 0 bridgehead atoms. The van der Waals surface area contributed by atoms with E-state index in [1.165, 1.54) is 12.1 Å². The second kappa shape index (κ2) is 9.52. The highest BCUT2D eigenvalue weighted by atomic mass is 19.1. The molecule has 0 spiro atoms. The lowest BCUT2D eigenvalue weighted by molar-refractivity contribution is 0.151. The summed E-state index contributed by atoms with van der Waals surface area (Å²) < 4.78 is 36.7. The van der Waals surface area contributed by atoms with Crippen molar-refractivity contribution in [2.75, 3.05) is 0 Å². The van der Waals surface area contributed by atoms with Crippen LogP contribution in [0.3, 0.4) is 0 Å². The van der Waals surface area contributed by atoms with E-state index in [1.807, 2.05) is 0 Å². The number of hydrogen-bond donors (Lipinski definition) is 0. The smallest absolute Gasteiger partial charge is 0.395 e. The molecule has 0 heterocycles. The quantitative estimate of drug-likeness (QED) is 0.157. The maximum absolute atomic E-state index is 15.1. The highest BCUT2D eigenvalue weighted by Crippen LogP contribution is 2.44. The Bertz CT molecular complexity index is 1530. The van der Waals surface area contributed by atoms with E-state index < -0.39 is 18.1 Å². The first-order valence-electron chi connectivity index (χ1n) is 10.6. The minimum absolute atomic E-state index is 0.0428. The normalized spacial score (nSPS) is 10.7. The van der Waals surface area contributed by atoms with E-state index in [9.17, 15) is 9.59 Å². The number of benzene rings is 5. The SMILES string of the molecule is O=C(Oc1ccccc1)Oc1c2ccccc2c(OC(=O)Oc2ccccc2)c2c(F)cccc12. The Morgan fingerprint density at radius 2 is 0.943 bits per heavy atom. The lowest BCUT2D eigenvalue weighted by Gasteiger charge is -2.16. The van der Waals surface area contributed by atoms with Gasteiger partial charge in [0, 0.05) is 16.2 Å². The third kappa shape index (κ3) is 4.60. The third-order valence-corrected chi connectivity index (χ3v) is 5.16. The summed E-state index contributed by atoms with van der Waals surface area (Å²) in [7, 11) is 0. The lowest BCUT2D eigenvalue weighted by atomic mass is 10.00. The van der Waals surface area contributed by atoms with E-state index in [0.29, 0.717) is 16.5 Å². The molecule has 0 radical (unpaired) electrons. The molecule has 5 rings (SSSR count). The molecule has 0 aliphatic carbocycles. The van der Waals surface area contributed by atoms with Crippen LogP contribution in [0.15, 0.2) is 103 Å². The monoisotopic (exact) mass is 468 g/mol. The highest BCUT2D eigenvalue weighted by molar-refractivity contribution is 6.12. The van der Waals surface area contributed by atoms with Crippen LogP contribution in [-0.2, 0) is 0 Å². The second-order valence-electron chi connectivity index (χ2n) is 7.40. The first kappa shape index (κ1) is 21.9. The van der Waals surface area contributed by atoms with E-state index in [0.717, 1.165) is 0 Å². The standard InChI is InChI=1S/C28H17FO6/c29-23-17-9-16-22-24(23)26(35-28(31)33-19-12-5-2-6-13-19)21-15-8-7-14-20(21)25(22)34-27(30)32-18-10-3-1-4-11-18/h1-17H. The van der Waals surface area contributed by atoms with Gasteiger partial charge in [-0.3, -0.25) is 0 Å². The molecular weight excluding hydrogens is 451 g/mol. The van der Waals surface area contributed by atoms with Crippen molar-refractivity contribution in [3.05, 3.63) is 109 Å². The Kier molecular flexibility index (Phi) is 5.96. The molecule has 0 aliphatic heterocycles. The van der Waals surface area contributed by atoms with Crippen molar-refractivity contribution in [3.8, 4) is 23.0 Å². The van der Waals surface area contributed by atoms with Crippen molar-refractivity contribution in [2.24, 2.45) is 0 Å². The van der Waals surface area contributed by atoms with Crippen LogP contribution in [0.25, 0.3) is 21.5 Å². The fourth-order valence-corrected chi connectivity index (χ4v) is 3.70. The van der Waals surface area contributed by atoms with Crippen LogP contribution in [-0.4, -0.2) is 12.3 Å². The molecule has 172 valence electrons. The number of carbonyl (C=O) groups is 2. The van der Waals surface area contributed by atoms with Crippen molar-refractivity contribution in [1.82, 2.24) is 0 Å². The van der Waals surface area contributed by atoms with Gasteiger partial charge in [0.15, 0.2) is 11.5 Å². The molecule has 6 nitrogen and oxygen atoms in total. The van der Waals surface area contributed by atoms with Gasteiger partial charge in [-0.05, 0) is 30.3 Å². The first-order chi connectivity index (χ1) is 17.1. The Hall–Kier alpha value is -4.91. The van der Waals surface area contributed by atoms with Gasteiger partial charge in [-0.15, -0.1) is 0 Å². The number of hydrogen-bond acceptors (Lipinski definition) is 6. The number of carbonyl (C=O) groups excluding carboxylic acids is 2. The number of rotatable bonds is 4. The van der Waals surface area contributed by atoms with Crippen LogP contribution in [0.4, 0.5) is 14.0 Å². The van der Waals surface area contributed by atoms with Crippen LogP contribution in [0, 0.1) is 5.82 Å². The Morgan fingerprint density at radius 1 is 0.486 bits per heavy atom. The average molecular weight is 468 g/mol. The molecule has 0 N–H and O–H groups in total. The molecule has 0 saturated carbocycles. The Labute approximate surface area is 199 Å². The van der Waals surface area contributed by atoms with Gasteiger partial charge in [0.2, 0.25) is 0 Å². The fraction of sp³-hybridized carbons (Fsp3) is 0. The molecule has 0 fully saturated rings. The van der Waals surface area contributed by atoms with Gasteiger partial charge in [0.1, 0.15) is 17.3 Å². The summed E-state index contributed by atoms with van der Waals surface area (Å²) in [6, 6.07) is 27.7. The number of fused-ring (bicyclic) bond motifs is 2. The largest absolute Gasteiger partial charge is 0.519 e. The average Bonchev–Trinajstić information content (AvgIpc) is 2.87. The van der Waals surface area contributed by atoms with E-state index >= 15 is 4.39 Å². The van der Waals surface area contributed by atoms with E-state index in [-0.39, 0.29) is 28.0 Å². The molecular formula is C28H17FO6. The topological polar surface area (TPSA) is 71.1 Å². The van der Waals surface area contributed by atoms with Crippen LogP contribution < -0.4 is 18.9 Å². The molecule has 5 aromatic carbocycles. The van der Waals surface area contributed by atoms with E-state index in [1.54, 1.807) is 91.0 Å². The van der Waals surface area contributed by atoms with E-state index in [4.69, 9.17) is 18.9 Å². The fourth-order valence-electron chi connectivity index (χ4n) is 3.70. The van der Waals surface area contributed by atoms with Gasteiger partial charge in [-0.25, -0.2) is 14.0 Å². The summed E-state index contributed by atoms with van der Waals surface area (Å²) in [5.74, 6) is -0.0913.